The standard InChI is InChI=1S/C29H28N4O3S/c1-28(2)15-20-21(16-30)25(37-23(20)29(3,4)32-28)31-24(34)22(14-17-10-6-5-7-11-17)33-26(35)18-12-8-9-13-19(18)27(33)36/h5-13,22,32H,14-15H2,1-4H3,(H,31,34)/t22-/m1/s1. The third-order valence-electron chi connectivity index (χ3n) is 6.90. The van der Waals surface area contributed by atoms with Gasteiger partial charge in [0.05, 0.1) is 16.7 Å². The van der Waals surface area contributed by atoms with E-state index in [1.165, 1.54) is 11.3 Å². The maximum Gasteiger partial charge on any atom is 0.262 e. The van der Waals surface area contributed by atoms with Crippen molar-refractivity contribution in [3.63, 3.8) is 0 Å². The van der Waals surface area contributed by atoms with Crippen LogP contribution in [-0.2, 0) is 23.2 Å². The minimum absolute atomic E-state index is 0.158. The first kappa shape index (κ1) is 24.9. The van der Waals surface area contributed by atoms with Crippen LogP contribution < -0.4 is 10.6 Å². The first-order chi connectivity index (χ1) is 17.5. The predicted molar refractivity (Wildman–Crippen MR) is 142 cm³/mol. The molecule has 1 aromatic heterocycles. The molecular weight excluding hydrogens is 484 g/mol. The van der Waals surface area contributed by atoms with E-state index in [0.717, 1.165) is 20.9 Å². The summed E-state index contributed by atoms with van der Waals surface area (Å²) in [6.07, 6.45) is 0.804. The Balaban J connectivity index is 1.53. The smallest absolute Gasteiger partial charge is 0.262 e. The number of nitriles is 1. The van der Waals surface area contributed by atoms with Crippen molar-refractivity contribution < 1.29 is 14.4 Å². The molecule has 3 aromatic rings. The largest absolute Gasteiger partial charge is 0.315 e. The lowest BCUT2D eigenvalue weighted by atomic mass is 9.81. The molecular formula is C29H28N4O3S. The Labute approximate surface area is 220 Å². The van der Waals surface area contributed by atoms with Gasteiger partial charge in [-0.1, -0.05) is 42.5 Å². The fourth-order valence-electron chi connectivity index (χ4n) is 5.56. The summed E-state index contributed by atoms with van der Waals surface area (Å²) < 4.78 is 0. The van der Waals surface area contributed by atoms with Crippen LogP contribution in [0, 0.1) is 11.3 Å². The molecule has 0 radical (unpaired) electrons. The van der Waals surface area contributed by atoms with Crippen molar-refractivity contribution in [3.8, 4) is 6.07 Å². The van der Waals surface area contributed by atoms with Gasteiger partial charge in [-0.3, -0.25) is 19.3 Å². The summed E-state index contributed by atoms with van der Waals surface area (Å²) in [6, 6.07) is 17.1. The van der Waals surface area contributed by atoms with Crippen molar-refractivity contribution in [2.24, 2.45) is 0 Å². The molecule has 188 valence electrons. The molecule has 0 unspecified atom stereocenters. The zero-order valence-corrected chi connectivity index (χ0v) is 22.0. The fraction of sp³-hybridized carbons (Fsp3) is 0.310. The monoisotopic (exact) mass is 512 g/mol. The van der Waals surface area contributed by atoms with Crippen molar-refractivity contribution in [2.45, 2.75) is 57.7 Å². The minimum atomic E-state index is -1.08. The SMILES string of the molecule is CC1(C)Cc2c(sc(NC(=O)[C@@H](Cc3ccccc3)N3C(=O)c4ccccc4C3=O)c2C#N)C(C)(C)N1. The Kier molecular flexibility index (Phi) is 6.01. The number of nitrogens with one attached hydrogen (secondary N) is 2. The molecule has 3 amide bonds. The van der Waals surface area contributed by atoms with Crippen molar-refractivity contribution >= 4 is 34.1 Å². The fourth-order valence-corrected chi connectivity index (χ4v) is 6.79. The predicted octanol–water partition coefficient (Wildman–Crippen LogP) is 4.63. The van der Waals surface area contributed by atoms with Gasteiger partial charge in [-0.25, -0.2) is 0 Å². The molecule has 2 aromatic carbocycles. The van der Waals surface area contributed by atoms with Crippen molar-refractivity contribution in [1.82, 2.24) is 10.2 Å². The summed E-state index contributed by atoms with van der Waals surface area (Å²) in [5.41, 5.74) is 2.16. The normalized spacial score (nSPS) is 18.1. The van der Waals surface area contributed by atoms with Gasteiger partial charge in [0.1, 0.15) is 17.1 Å². The Morgan fingerprint density at radius 2 is 1.65 bits per heavy atom. The number of imide groups is 1. The minimum Gasteiger partial charge on any atom is -0.315 e. The van der Waals surface area contributed by atoms with Crippen LogP contribution in [0.5, 0.6) is 0 Å². The molecule has 0 spiro atoms. The first-order valence-electron chi connectivity index (χ1n) is 12.2. The van der Waals surface area contributed by atoms with E-state index in [2.05, 4.69) is 44.4 Å². The topological polar surface area (TPSA) is 102 Å². The van der Waals surface area contributed by atoms with Gasteiger partial charge in [-0.05, 0) is 57.4 Å². The quantitative estimate of drug-likeness (QED) is 0.486. The van der Waals surface area contributed by atoms with E-state index in [4.69, 9.17) is 0 Å². The summed E-state index contributed by atoms with van der Waals surface area (Å²) in [5, 5.41) is 17.1. The second-order valence-electron chi connectivity index (χ2n) is 10.8. The molecule has 0 fully saturated rings. The van der Waals surface area contributed by atoms with Gasteiger partial charge in [0.2, 0.25) is 5.91 Å². The molecule has 37 heavy (non-hydrogen) atoms. The zero-order valence-electron chi connectivity index (χ0n) is 21.2. The van der Waals surface area contributed by atoms with Crippen LogP contribution in [0.2, 0.25) is 0 Å². The van der Waals surface area contributed by atoms with Gasteiger partial charge >= 0.3 is 0 Å². The van der Waals surface area contributed by atoms with Crippen LogP contribution in [0.4, 0.5) is 5.00 Å². The number of rotatable bonds is 5. The highest BCUT2D eigenvalue weighted by molar-refractivity contribution is 7.17. The highest BCUT2D eigenvalue weighted by Crippen LogP contribution is 2.45. The van der Waals surface area contributed by atoms with Crippen molar-refractivity contribution in [3.05, 3.63) is 87.3 Å². The second-order valence-corrected chi connectivity index (χ2v) is 11.8. The van der Waals surface area contributed by atoms with E-state index in [0.29, 0.717) is 17.0 Å². The Morgan fingerprint density at radius 3 is 2.24 bits per heavy atom. The van der Waals surface area contributed by atoms with E-state index in [-0.39, 0.29) is 28.6 Å². The van der Waals surface area contributed by atoms with Crippen LogP contribution in [-0.4, -0.2) is 34.2 Å². The number of nitrogens with zero attached hydrogens (tertiary/aromatic N) is 2. The van der Waals surface area contributed by atoms with E-state index in [9.17, 15) is 19.6 Å². The van der Waals surface area contributed by atoms with E-state index in [1.807, 2.05) is 30.3 Å². The Bertz CT molecular complexity index is 1430. The number of anilines is 1. The summed E-state index contributed by atoms with van der Waals surface area (Å²) in [5.74, 6) is -1.48. The molecule has 5 rings (SSSR count). The third kappa shape index (κ3) is 4.35. The molecule has 0 aliphatic carbocycles. The number of fused-ring (bicyclic) bond motifs is 2. The molecule has 1 atom stereocenters. The van der Waals surface area contributed by atoms with E-state index < -0.39 is 23.8 Å². The highest BCUT2D eigenvalue weighted by atomic mass is 32.1. The molecule has 8 heteroatoms. The average Bonchev–Trinajstić information content (AvgIpc) is 3.31. The molecule has 3 heterocycles. The van der Waals surface area contributed by atoms with Gasteiger partial charge < -0.3 is 10.6 Å². The second kappa shape index (κ2) is 8.94. The highest BCUT2D eigenvalue weighted by Gasteiger charge is 2.44. The number of hydrogen-bond donors (Lipinski definition) is 2. The van der Waals surface area contributed by atoms with Gasteiger partial charge in [0, 0.05) is 22.4 Å². The molecule has 2 aliphatic rings. The van der Waals surface area contributed by atoms with Crippen LogP contribution in [0.3, 0.4) is 0 Å². The first-order valence-corrected chi connectivity index (χ1v) is 13.0. The Hall–Kier alpha value is -3.80. The van der Waals surface area contributed by atoms with Crippen molar-refractivity contribution in [2.75, 3.05) is 5.32 Å². The van der Waals surface area contributed by atoms with E-state index >= 15 is 0 Å². The lowest BCUT2D eigenvalue weighted by Crippen LogP contribution is -2.54. The summed E-state index contributed by atoms with van der Waals surface area (Å²) in [6.45, 7) is 8.31. The van der Waals surface area contributed by atoms with Crippen LogP contribution >= 0.6 is 11.3 Å². The lowest BCUT2D eigenvalue weighted by molar-refractivity contribution is -0.119. The average molecular weight is 513 g/mol. The van der Waals surface area contributed by atoms with Crippen molar-refractivity contribution in [1.29, 1.82) is 5.26 Å². The summed E-state index contributed by atoms with van der Waals surface area (Å²) >= 11 is 1.37. The Morgan fingerprint density at radius 1 is 1.05 bits per heavy atom. The maximum absolute atomic E-state index is 13.8. The summed E-state index contributed by atoms with van der Waals surface area (Å²) in [4.78, 5) is 42.5. The van der Waals surface area contributed by atoms with Gasteiger partial charge in [0.25, 0.3) is 11.8 Å². The molecule has 0 saturated heterocycles. The number of carbonyl (C=O) groups is 3. The molecule has 2 aliphatic heterocycles. The molecule has 7 nitrogen and oxygen atoms in total. The van der Waals surface area contributed by atoms with Crippen LogP contribution in [0.25, 0.3) is 0 Å². The number of amides is 3. The number of benzene rings is 2. The lowest BCUT2D eigenvalue weighted by Gasteiger charge is -2.42. The van der Waals surface area contributed by atoms with Crippen LogP contribution in [0.1, 0.15) is 70.0 Å². The van der Waals surface area contributed by atoms with Crippen LogP contribution in [0.15, 0.2) is 54.6 Å². The molecule has 0 saturated carbocycles. The van der Waals surface area contributed by atoms with Gasteiger partial charge in [0.15, 0.2) is 0 Å². The maximum atomic E-state index is 13.8. The van der Waals surface area contributed by atoms with Gasteiger partial charge in [-0.15, -0.1) is 11.3 Å². The molecule has 2 N–H and O–H groups in total. The number of carbonyl (C=O) groups excluding carboxylic acids is 3. The zero-order chi connectivity index (χ0) is 26.5. The molecule has 0 bridgehead atoms. The summed E-state index contributed by atoms with van der Waals surface area (Å²) in [7, 11) is 0. The number of hydrogen-bond acceptors (Lipinski definition) is 6. The van der Waals surface area contributed by atoms with E-state index in [1.54, 1.807) is 24.3 Å². The number of thiophene rings is 1. The van der Waals surface area contributed by atoms with Gasteiger partial charge in [-0.2, -0.15) is 5.26 Å². The third-order valence-corrected chi connectivity index (χ3v) is 8.38.